The van der Waals surface area contributed by atoms with Crippen molar-refractivity contribution in [3.63, 3.8) is 0 Å². The summed E-state index contributed by atoms with van der Waals surface area (Å²) in [5.41, 5.74) is 0. The highest BCUT2D eigenvalue weighted by molar-refractivity contribution is 5.02. The third-order valence-corrected chi connectivity index (χ3v) is 11.9. The highest BCUT2D eigenvalue weighted by Gasteiger charge is 2.28. The molecule has 3 fully saturated rings. The Labute approximate surface area is 258 Å². The van der Waals surface area contributed by atoms with Crippen molar-refractivity contribution >= 4 is 0 Å². The van der Waals surface area contributed by atoms with E-state index < -0.39 is 0 Å². The molecule has 0 N–H and O–H groups in total. The molecule has 0 aromatic carbocycles. The van der Waals surface area contributed by atoms with Crippen LogP contribution in [0, 0.1) is 53.3 Å². The lowest BCUT2D eigenvalue weighted by molar-refractivity contribution is 0.195. The molecule has 6 atom stereocenters. The lowest BCUT2D eigenvalue weighted by atomic mass is 9.71. The van der Waals surface area contributed by atoms with Crippen molar-refractivity contribution in [2.75, 3.05) is 0 Å². The van der Waals surface area contributed by atoms with Crippen LogP contribution in [0.3, 0.4) is 0 Å². The van der Waals surface area contributed by atoms with Crippen molar-refractivity contribution in [2.45, 2.75) is 169 Å². The van der Waals surface area contributed by atoms with Crippen molar-refractivity contribution in [1.82, 2.24) is 0 Å². The molecule has 41 heavy (non-hydrogen) atoms. The first-order valence-corrected chi connectivity index (χ1v) is 19.0. The SMILES string of the molecule is CCC=CC(CC=CC(CC=CC(C)CC(C)C1CCCCC1)C(CC)C1CCCCC1)CC(C)C1CCCCC1. The molecular weight excluding hydrogens is 492 g/mol. The summed E-state index contributed by atoms with van der Waals surface area (Å²) in [6.07, 6.45) is 45.5. The molecule has 0 radical (unpaired) electrons. The van der Waals surface area contributed by atoms with Gasteiger partial charge in [-0.1, -0.05) is 174 Å². The highest BCUT2D eigenvalue weighted by atomic mass is 14.3. The number of rotatable bonds is 17. The predicted octanol–water partition coefficient (Wildman–Crippen LogP) is 13.5. The van der Waals surface area contributed by atoms with Gasteiger partial charge in [0.25, 0.3) is 0 Å². The Morgan fingerprint density at radius 3 is 1.59 bits per heavy atom. The maximum atomic E-state index is 2.71. The van der Waals surface area contributed by atoms with Gasteiger partial charge in [-0.15, -0.1) is 0 Å². The van der Waals surface area contributed by atoms with Crippen LogP contribution in [0.1, 0.15) is 169 Å². The van der Waals surface area contributed by atoms with Gasteiger partial charge in [0.1, 0.15) is 0 Å². The molecule has 3 saturated carbocycles. The summed E-state index contributed by atoms with van der Waals surface area (Å²) in [6.45, 7) is 12.4. The molecule has 0 nitrogen and oxygen atoms in total. The molecule has 236 valence electrons. The first kappa shape index (κ1) is 34.7. The zero-order chi connectivity index (χ0) is 29.3. The van der Waals surface area contributed by atoms with Gasteiger partial charge in [-0.25, -0.2) is 0 Å². The fourth-order valence-corrected chi connectivity index (χ4v) is 9.36. The van der Waals surface area contributed by atoms with Crippen LogP contribution in [0.25, 0.3) is 0 Å². The fourth-order valence-electron chi connectivity index (χ4n) is 9.36. The first-order valence-electron chi connectivity index (χ1n) is 19.0. The molecule has 0 aliphatic heterocycles. The van der Waals surface area contributed by atoms with Gasteiger partial charge < -0.3 is 0 Å². The minimum atomic E-state index is 0.717. The van der Waals surface area contributed by atoms with Crippen LogP contribution in [-0.4, -0.2) is 0 Å². The lowest BCUT2D eigenvalue weighted by Gasteiger charge is -2.34. The third-order valence-electron chi connectivity index (χ3n) is 11.9. The van der Waals surface area contributed by atoms with Crippen molar-refractivity contribution in [1.29, 1.82) is 0 Å². The largest absolute Gasteiger partial charge is 0.0885 e. The highest BCUT2D eigenvalue weighted by Crippen LogP contribution is 2.39. The Morgan fingerprint density at radius 1 is 0.537 bits per heavy atom. The quantitative estimate of drug-likeness (QED) is 0.154. The Morgan fingerprint density at radius 2 is 1.05 bits per heavy atom. The van der Waals surface area contributed by atoms with Crippen LogP contribution in [0.5, 0.6) is 0 Å². The van der Waals surface area contributed by atoms with E-state index in [1.165, 1.54) is 135 Å². The van der Waals surface area contributed by atoms with Gasteiger partial charge in [-0.05, 0) is 85.4 Å². The minimum absolute atomic E-state index is 0.717. The average Bonchev–Trinajstić information content (AvgIpc) is 3.01. The molecule has 0 spiro atoms. The second-order valence-corrected chi connectivity index (χ2v) is 15.3. The molecule has 3 rings (SSSR count). The number of hydrogen-bond acceptors (Lipinski definition) is 0. The van der Waals surface area contributed by atoms with E-state index in [9.17, 15) is 0 Å². The molecule has 0 heterocycles. The molecule has 3 aliphatic carbocycles. The smallest absolute Gasteiger partial charge is 0.0168 e. The summed E-state index contributed by atoms with van der Waals surface area (Å²) in [5, 5.41) is 0. The number of allylic oxidation sites excluding steroid dienone is 6. The van der Waals surface area contributed by atoms with E-state index in [2.05, 4.69) is 71.1 Å². The Bertz CT molecular complexity index is 723. The Kier molecular flexibility index (Phi) is 17.1. The van der Waals surface area contributed by atoms with E-state index in [1.54, 1.807) is 0 Å². The van der Waals surface area contributed by atoms with Crippen LogP contribution in [0.15, 0.2) is 36.5 Å². The van der Waals surface area contributed by atoms with Crippen molar-refractivity contribution in [2.24, 2.45) is 53.3 Å². The maximum absolute atomic E-state index is 2.71. The topological polar surface area (TPSA) is 0 Å². The molecular formula is C41H72. The normalized spacial score (nSPS) is 25.1. The van der Waals surface area contributed by atoms with E-state index in [1.807, 2.05) is 0 Å². The number of hydrogen-bond donors (Lipinski definition) is 0. The summed E-state index contributed by atoms with van der Waals surface area (Å²) in [4.78, 5) is 0. The second-order valence-electron chi connectivity index (χ2n) is 15.3. The van der Waals surface area contributed by atoms with Gasteiger partial charge in [0.15, 0.2) is 0 Å². The van der Waals surface area contributed by atoms with E-state index in [-0.39, 0.29) is 0 Å². The Balaban J connectivity index is 1.62. The van der Waals surface area contributed by atoms with Crippen LogP contribution in [-0.2, 0) is 0 Å². The van der Waals surface area contributed by atoms with E-state index in [0.29, 0.717) is 5.92 Å². The molecule has 6 unspecified atom stereocenters. The van der Waals surface area contributed by atoms with Crippen molar-refractivity contribution in [3.8, 4) is 0 Å². The van der Waals surface area contributed by atoms with Gasteiger partial charge in [0, 0.05) is 0 Å². The predicted molar refractivity (Wildman–Crippen MR) is 184 cm³/mol. The van der Waals surface area contributed by atoms with Gasteiger partial charge in [-0.2, -0.15) is 0 Å². The average molecular weight is 565 g/mol. The first-order chi connectivity index (χ1) is 20.0. The van der Waals surface area contributed by atoms with E-state index in [4.69, 9.17) is 0 Å². The van der Waals surface area contributed by atoms with E-state index in [0.717, 1.165) is 47.3 Å². The van der Waals surface area contributed by atoms with Crippen LogP contribution in [0.2, 0.25) is 0 Å². The monoisotopic (exact) mass is 565 g/mol. The summed E-state index contributed by atoms with van der Waals surface area (Å²) < 4.78 is 0. The zero-order valence-corrected chi connectivity index (χ0v) is 28.5. The zero-order valence-electron chi connectivity index (χ0n) is 28.5. The third kappa shape index (κ3) is 12.8. The van der Waals surface area contributed by atoms with Crippen LogP contribution in [0.4, 0.5) is 0 Å². The second kappa shape index (κ2) is 20.2. The molecule has 0 aromatic rings. The summed E-state index contributed by atoms with van der Waals surface area (Å²) in [5.74, 6) is 7.68. The van der Waals surface area contributed by atoms with Gasteiger partial charge in [-0.3, -0.25) is 0 Å². The Hall–Kier alpha value is -0.780. The van der Waals surface area contributed by atoms with Gasteiger partial charge >= 0.3 is 0 Å². The molecule has 3 aliphatic rings. The maximum Gasteiger partial charge on any atom is -0.0168 e. The van der Waals surface area contributed by atoms with Gasteiger partial charge in [0.2, 0.25) is 0 Å². The summed E-state index contributed by atoms with van der Waals surface area (Å²) >= 11 is 0. The lowest BCUT2D eigenvalue weighted by Crippen LogP contribution is -2.24. The summed E-state index contributed by atoms with van der Waals surface area (Å²) in [7, 11) is 0. The van der Waals surface area contributed by atoms with Crippen LogP contribution < -0.4 is 0 Å². The molecule has 0 heteroatoms. The molecule has 0 aromatic heterocycles. The molecule has 0 bridgehead atoms. The standard InChI is InChI=1S/C41H72/c1-6-8-21-36(32-35(5)38-25-14-10-15-26-38)22-19-30-40(41(7-2)39-27-16-11-17-28-39)29-18-20-33(3)31-34(4)37-23-12-9-13-24-37/h8,18-21,30,33-41H,6-7,9-17,22-29,31-32H2,1-5H3. The minimum Gasteiger partial charge on any atom is -0.0885 e. The van der Waals surface area contributed by atoms with E-state index >= 15 is 0 Å². The van der Waals surface area contributed by atoms with Crippen molar-refractivity contribution < 1.29 is 0 Å². The van der Waals surface area contributed by atoms with Gasteiger partial charge in [0.05, 0.1) is 0 Å². The summed E-state index contributed by atoms with van der Waals surface area (Å²) in [6, 6.07) is 0. The van der Waals surface area contributed by atoms with Crippen molar-refractivity contribution in [3.05, 3.63) is 36.5 Å². The molecule has 0 saturated heterocycles. The molecule has 0 amide bonds. The van der Waals surface area contributed by atoms with Crippen LogP contribution >= 0.6 is 0 Å². The fraction of sp³-hybridized carbons (Fsp3) is 0.854.